The van der Waals surface area contributed by atoms with Crippen molar-refractivity contribution in [2.45, 2.75) is 32.6 Å². The summed E-state index contributed by atoms with van der Waals surface area (Å²) in [6, 6.07) is 19.3. The molecule has 1 unspecified atom stereocenters. The van der Waals surface area contributed by atoms with Crippen LogP contribution in [0.4, 0.5) is 5.69 Å². The van der Waals surface area contributed by atoms with Gasteiger partial charge in [-0.2, -0.15) is 0 Å². The Hall–Kier alpha value is -1.76. The van der Waals surface area contributed by atoms with E-state index in [-0.39, 0.29) is 0 Å². The molecule has 1 N–H and O–H groups in total. The van der Waals surface area contributed by atoms with Gasteiger partial charge in [-0.05, 0) is 29.5 Å². The van der Waals surface area contributed by atoms with Crippen molar-refractivity contribution in [3.63, 3.8) is 0 Å². The van der Waals surface area contributed by atoms with Crippen LogP contribution < -0.4 is 5.32 Å². The summed E-state index contributed by atoms with van der Waals surface area (Å²) in [6.07, 6.45) is 2.33. The number of hydrogen-bond acceptors (Lipinski definition) is 1. The van der Waals surface area contributed by atoms with Crippen molar-refractivity contribution in [1.29, 1.82) is 0 Å². The number of benzene rings is 2. The number of nitrogens with one attached hydrogen (secondary N) is 1. The Morgan fingerprint density at radius 2 is 1.63 bits per heavy atom. The van der Waals surface area contributed by atoms with Crippen LogP contribution in [0.2, 0.25) is 0 Å². The molecule has 100 valence electrons. The number of para-hydroxylation sites is 1. The maximum Gasteiger partial charge on any atom is 0.0372 e. The zero-order valence-electron chi connectivity index (χ0n) is 11.9. The van der Waals surface area contributed by atoms with Crippen LogP contribution in [0.1, 0.15) is 37.3 Å². The normalized spacial score (nSPS) is 12.1. The van der Waals surface area contributed by atoms with E-state index in [1.165, 1.54) is 23.2 Å². The Morgan fingerprint density at radius 3 is 2.37 bits per heavy atom. The van der Waals surface area contributed by atoms with Crippen molar-refractivity contribution in [3.05, 3.63) is 65.7 Å². The molecule has 19 heavy (non-hydrogen) atoms. The quantitative estimate of drug-likeness (QED) is 0.775. The van der Waals surface area contributed by atoms with Crippen LogP contribution >= 0.6 is 0 Å². The van der Waals surface area contributed by atoms with Gasteiger partial charge in [0.15, 0.2) is 0 Å². The van der Waals surface area contributed by atoms with E-state index in [1.807, 2.05) is 0 Å². The second kappa shape index (κ2) is 6.98. The van der Waals surface area contributed by atoms with Crippen molar-refractivity contribution in [3.8, 4) is 0 Å². The van der Waals surface area contributed by atoms with Crippen LogP contribution in [0.3, 0.4) is 0 Å². The zero-order chi connectivity index (χ0) is 13.5. The summed E-state index contributed by atoms with van der Waals surface area (Å²) in [7, 11) is 0. The number of aryl methyl sites for hydroxylation is 1. The molecule has 0 aliphatic carbocycles. The Labute approximate surface area is 116 Å². The van der Waals surface area contributed by atoms with Gasteiger partial charge in [-0.25, -0.2) is 0 Å². The first kappa shape index (κ1) is 13.7. The predicted octanol–water partition coefficient (Wildman–Crippen LogP) is 4.85. The lowest BCUT2D eigenvalue weighted by molar-refractivity contribution is 0.802. The van der Waals surface area contributed by atoms with Crippen LogP contribution in [0.25, 0.3) is 0 Å². The smallest absolute Gasteiger partial charge is 0.0372 e. The molecule has 2 rings (SSSR count). The predicted molar refractivity (Wildman–Crippen MR) is 83.8 cm³/mol. The summed E-state index contributed by atoms with van der Waals surface area (Å²) in [4.78, 5) is 0. The van der Waals surface area contributed by atoms with Gasteiger partial charge in [0, 0.05) is 12.2 Å². The fourth-order valence-corrected chi connectivity index (χ4v) is 2.34. The molecule has 0 saturated carbocycles. The van der Waals surface area contributed by atoms with Gasteiger partial charge in [-0.3, -0.25) is 0 Å². The molecule has 0 saturated heterocycles. The number of hydrogen-bond donors (Lipinski definition) is 1. The van der Waals surface area contributed by atoms with Crippen LogP contribution in [-0.2, 0) is 6.42 Å². The minimum atomic E-state index is 0.524. The molecule has 2 aromatic carbocycles. The first-order valence-corrected chi connectivity index (χ1v) is 7.18. The summed E-state index contributed by atoms with van der Waals surface area (Å²) < 4.78 is 0. The number of rotatable bonds is 6. The molecule has 0 heterocycles. The molecule has 0 aromatic heterocycles. The Bertz CT molecular complexity index is 490. The molecule has 0 fully saturated rings. The molecule has 0 radical (unpaired) electrons. The fourth-order valence-electron chi connectivity index (χ4n) is 2.34. The summed E-state index contributed by atoms with van der Waals surface area (Å²) >= 11 is 0. The second-order valence-electron chi connectivity index (χ2n) is 5.10. The van der Waals surface area contributed by atoms with Crippen molar-refractivity contribution >= 4 is 5.69 Å². The molecular formula is C18H23N. The third-order valence-corrected chi connectivity index (χ3v) is 3.50. The summed E-state index contributed by atoms with van der Waals surface area (Å²) in [5, 5.41) is 3.60. The topological polar surface area (TPSA) is 12.0 Å². The van der Waals surface area contributed by atoms with Gasteiger partial charge in [0.2, 0.25) is 0 Å². The van der Waals surface area contributed by atoms with E-state index in [0.717, 1.165) is 13.0 Å². The van der Waals surface area contributed by atoms with E-state index < -0.39 is 0 Å². The highest BCUT2D eigenvalue weighted by molar-refractivity contribution is 5.51. The standard InChI is InChI=1S/C18H23N/c1-3-9-17-12-7-8-13-18(17)19-14-15(2)16-10-5-4-6-11-16/h4-8,10-13,15,19H,3,9,14H2,1-2H3. The maximum absolute atomic E-state index is 3.60. The van der Waals surface area contributed by atoms with Crippen LogP contribution in [0.5, 0.6) is 0 Å². The average Bonchev–Trinajstić information content (AvgIpc) is 2.47. The van der Waals surface area contributed by atoms with E-state index in [4.69, 9.17) is 0 Å². The maximum atomic E-state index is 3.60. The van der Waals surface area contributed by atoms with Crippen molar-refractivity contribution in [2.75, 3.05) is 11.9 Å². The van der Waals surface area contributed by atoms with Gasteiger partial charge in [0.25, 0.3) is 0 Å². The molecule has 0 bridgehead atoms. The third-order valence-electron chi connectivity index (χ3n) is 3.50. The van der Waals surface area contributed by atoms with Gasteiger partial charge in [0.05, 0.1) is 0 Å². The molecule has 0 spiro atoms. The Kier molecular flexibility index (Phi) is 5.02. The minimum Gasteiger partial charge on any atom is -0.384 e. The highest BCUT2D eigenvalue weighted by atomic mass is 14.9. The SMILES string of the molecule is CCCc1ccccc1NCC(C)c1ccccc1. The van der Waals surface area contributed by atoms with E-state index in [0.29, 0.717) is 5.92 Å². The van der Waals surface area contributed by atoms with E-state index >= 15 is 0 Å². The molecule has 1 heteroatoms. The van der Waals surface area contributed by atoms with Crippen molar-refractivity contribution in [1.82, 2.24) is 0 Å². The monoisotopic (exact) mass is 253 g/mol. The zero-order valence-corrected chi connectivity index (χ0v) is 11.9. The highest BCUT2D eigenvalue weighted by Gasteiger charge is 2.06. The summed E-state index contributed by atoms with van der Waals surface area (Å²) in [6.45, 7) is 5.47. The van der Waals surface area contributed by atoms with E-state index in [9.17, 15) is 0 Å². The second-order valence-corrected chi connectivity index (χ2v) is 5.10. The lowest BCUT2D eigenvalue weighted by Gasteiger charge is -2.16. The largest absolute Gasteiger partial charge is 0.384 e. The first-order chi connectivity index (χ1) is 9.31. The van der Waals surface area contributed by atoms with Crippen LogP contribution in [-0.4, -0.2) is 6.54 Å². The highest BCUT2D eigenvalue weighted by Crippen LogP contribution is 2.20. The third kappa shape index (κ3) is 3.85. The van der Waals surface area contributed by atoms with Gasteiger partial charge in [-0.15, -0.1) is 0 Å². The lowest BCUT2D eigenvalue weighted by atomic mass is 10.0. The summed E-state index contributed by atoms with van der Waals surface area (Å²) in [5.74, 6) is 0.524. The molecule has 0 amide bonds. The van der Waals surface area contributed by atoms with Gasteiger partial charge >= 0.3 is 0 Å². The van der Waals surface area contributed by atoms with Crippen LogP contribution in [0.15, 0.2) is 54.6 Å². The minimum absolute atomic E-state index is 0.524. The Morgan fingerprint density at radius 1 is 0.947 bits per heavy atom. The first-order valence-electron chi connectivity index (χ1n) is 7.18. The molecule has 1 atom stereocenters. The molecule has 0 aliphatic heterocycles. The molecule has 2 aromatic rings. The van der Waals surface area contributed by atoms with Crippen molar-refractivity contribution in [2.24, 2.45) is 0 Å². The lowest BCUT2D eigenvalue weighted by Crippen LogP contribution is -2.11. The van der Waals surface area contributed by atoms with Crippen molar-refractivity contribution < 1.29 is 0 Å². The fraction of sp³-hybridized carbons (Fsp3) is 0.333. The van der Waals surface area contributed by atoms with E-state index in [1.54, 1.807) is 0 Å². The molecule has 0 aliphatic rings. The van der Waals surface area contributed by atoms with Gasteiger partial charge in [-0.1, -0.05) is 68.8 Å². The van der Waals surface area contributed by atoms with Gasteiger partial charge in [0.1, 0.15) is 0 Å². The number of anilines is 1. The Balaban J connectivity index is 1.99. The molecular weight excluding hydrogens is 230 g/mol. The average molecular weight is 253 g/mol. The van der Waals surface area contributed by atoms with Gasteiger partial charge < -0.3 is 5.32 Å². The van der Waals surface area contributed by atoms with E-state index in [2.05, 4.69) is 73.8 Å². The summed E-state index contributed by atoms with van der Waals surface area (Å²) in [5.41, 5.74) is 4.10. The van der Waals surface area contributed by atoms with Crippen LogP contribution in [0, 0.1) is 0 Å². The molecule has 1 nitrogen and oxygen atoms in total.